The van der Waals surface area contributed by atoms with Crippen molar-refractivity contribution >= 4 is 5.91 Å². The van der Waals surface area contributed by atoms with E-state index in [1.165, 1.54) is 6.07 Å². The van der Waals surface area contributed by atoms with Crippen LogP contribution in [0.1, 0.15) is 18.9 Å². The van der Waals surface area contributed by atoms with Gasteiger partial charge in [-0.15, -0.1) is 0 Å². The molecule has 0 saturated carbocycles. The van der Waals surface area contributed by atoms with E-state index in [9.17, 15) is 9.18 Å². The number of nitrogens with zero attached hydrogens (tertiary/aromatic N) is 1. The summed E-state index contributed by atoms with van der Waals surface area (Å²) in [5.74, 6) is -0.471. The first-order valence-corrected chi connectivity index (χ1v) is 6.35. The third-order valence-corrected chi connectivity index (χ3v) is 2.78. The number of amides is 1. The van der Waals surface area contributed by atoms with Gasteiger partial charge in [-0.2, -0.15) is 0 Å². The number of hydrogen-bond donors (Lipinski definition) is 2. The molecule has 1 rings (SSSR count). The van der Waals surface area contributed by atoms with E-state index in [0.717, 1.165) is 0 Å². The van der Waals surface area contributed by atoms with Crippen molar-refractivity contribution in [1.29, 1.82) is 0 Å². The van der Waals surface area contributed by atoms with Gasteiger partial charge in [-0.1, -0.05) is 18.2 Å². The van der Waals surface area contributed by atoms with Gasteiger partial charge in [0.15, 0.2) is 0 Å². The van der Waals surface area contributed by atoms with Crippen LogP contribution in [0.5, 0.6) is 0 Å². The number of halogens is 1. The molecule has 0 bridgehead atoms. The van der Waals surface area contributed by atoms with Crippen molar-refractivity contribution in [2.45, 2.75) is 26.0 Å². The highest BCUT2D eigenvalue weighted by Crippen LogP contribution is 2.05. The zero-order valence-corrected chi connectivity index (χ0v) is 11.4. The number of carbonyl (C=O) groups excluding carboxylic acids is 1. The molecule has 0 spiro atoms. The van der Waals surface area contributed by atoms with E-state index in [0.29, 0.717) is 18.5 Å². The molecule has 0 aromatic heterocycles. The minimum absolute atomic E-state index is 0.156. The summed E-state index contributed by atoms with van der Waals surface area (Å²) in [7, 11) is 1.81. The Morgan fingerprint density at radius 3 is 2.79 bits per heavy atom. The van der Waals surface area contributed by atoms with Crippen molar-refractivity contribution in [3.8, 4) is 0 Å². The molecule has 0 radical (unpaired) electrons. The maximum atomic E-state index is 13.3. The van der Waals surface area contributed by atoms with E-state index in [4.69, 9.17) is 5.11 Å². The zero-order chi connectivity index (χ0) is 14.3. The number of benzene rings is 1. The van der Waals surface area contributed by atoms with Crippen molar-refractivity contribution < 1.29 is 14.3 Å². The Bertz CT molecular complexity index is 410. The minimum atomic E-state index is -0.371. The fraction of sp³-hybridized carbons (Fsp3) is 0.500. The zero-order valence-electron chi connectivity index (χ0n) is 11.4. The molecular formula is C14H21FN2O2. The molecule has 0 aliphatic heterocycles. The average molecular weight is 268 g/mol. The molecule has 1 amide bonds. The first-order chi connectivity index (χ1) is 8.99. The summed E-state index contributed by atoms with van der Waals surface area (Å²) in [6.07, 6.45) is 0.251. The van der Waals surface area contributed by atoms with Crippen molar-refractivity contribution in [2.24, 2.45) is 0 Å². The standard InChI is InChI=1S/C14H21FN2O2/c1-11(18)7-8-17(2)10-14(19)16-9-12-5-3-4-6-13(12)15/h3-6,11,18H,7-10H2,1-2H3,(H,16,19). The quantitative estimate of drug-likeness (QED) is 0.780. The molecule has 0 saturated heterocycles. The van der Waals surface area contributed by atoms with Gasteiger partial charge in [-0.3, -0.25) is 9.69 Å². The Hall–Kier alpha value is -1.46. The van der Waals surface area contributed by atoms with E-state index in [2.05, 4.69) is 5.32 Å². The largest absolute Gasteiger partial charge is 0.393 e. The summed E-state index contributed by atoms with van der Waals surface area (Å²) in [6.45, 7) is 2.79. The van der Waals surface area contributed by atoms with Gasteiger partial charge in [0, 0.05) is 18.7 Å². The smallest absolute Gasteiger partial charge is 0.234 e. The SMILES string of the molecule is CC(O)CCN(C)CC(=O)NCc1ccccc1F. The molecule has 4 nitrogen and oxygen atoms in total. The summed E-state index contributed by atoms with van der Waals surface area (Å²) in [6, 6.07) is 6.37. The lowest BCUT2D eigenvalue weighted by Gasteiger charge is -2.17. The molecule has 1 aromatic rings. The van der Waals surface area contributed by atoms with Gasteiger partial charge in [0.05, 0.1) is 12.6 Å². The summed E-state index contributed by atoms with van der Waals surface area (Å²) >= 11 is 0. The number of likely N-dealkylation sites (N-methyl/N-ethyl adjacent to an activating group) is 1. The second kappa shape index (κ2) is 7.86. The van der Waals surface area contributed by atoms with E-state index in [1.54, 1.807) is 25.1 Å². The fourth-order valence-electron chi connectivity index (χ4n) is 1.62. The summed E-state index contributed by atoms with van der Waals surface area (Å²) in [4.78, 5) is 13.5. The predicted molar refractivity (Wildman–Crippen MR) is 72.0 cm³/mol. The highest BCUT2D eigenvalue weighted by atomic mass is 19.1. The molecule has 5 heteroatoms. The van der Waals surface area contributed by atoms with Gasteiger partial charge < -0.3 is 10.4 Å². The molecule has 2 N–H and O–H groups in total. The van der Waals surface area contributed by atoms with E-state index < -0.39 is 0 Å². The van der Waals surface area contributed by atoms with Crippen LogP contribution >= 0.6 is 0 Å². The van der Waals surface area contributed by atoms with Gasteiger partial charge in [0.1, 0.15) is 5.82 Å². The van der Waals surface area contributed by atoms with E-state index >= 15 is 0 Å². The van der Waals surface area contributed by atoms with Crippen LogP contribution in [-0.4, -0.2) is 42.2 Å². The van der Waals surface area contributed by atoms with Crippen LogP contribution in [0.3, 0.4) is 0 Å². The topological polar surface area (TPSA) is 52.6 Å². The molecule has 1 unspecified atom stereocenters. The number of aliphatic hydroxyl groups excluding tert-OH is 1. The highest BCUT2D eigenvalue weighted by molar-refractivity contribution is 5.77. The number of hydrogen-bond acceptors (Lipinski definition) is 3. The van der Waals surface area contributed by atoms with Crippen LogP contribution in [-0.2, 0) is 11.3 Å². The first-order valence-electron chi connectivity index (χ1n) is 6.35. The van der Waals surface area contributed by atoms with E-state index in [1.807, 2.05) is 11.9 Å². The molecule has 0 heterocycles. The van der Waals surface area contributed by atoms with Crippen molar-refractivity contribution in [2.75, 3.05) is 20.1 Å². The summed E-state index contributed by atoms with van der Waals surface area (Å²) in [5, 5.41) is 11.8. The second-order valence-electron chi connectivity index (χ2n) is 4.74. The summed E-state index contributed by atoms with van der Waals surface area (Å²) in [5.41, 5.74) is 0.475. The van der Waals surface area contributed by atoms with Crippen LogP contribution < -0.4 is 5.32 Å². The monoisotopic (exact) mass is 268 g/mol. The number of rotatable bonds is 7. The molecule has 1 aromatic carbocycles. The van der Waals surface area contributed by atoms with Crippen molar-refractivity contribution in [1.82, 2.24) is 10.2 Å². The Kier molecular flexibility index (Phi) is 6.45. The number of carbonyl (C=O) groups is 1. The highest BCUT2D eigenvalue weighted by Gasteiger charge is 2.08. The van der Waals surface area contributed by atoms with Crippen LogP contribution in [0, 0.1) is 5.82 Å². The van der Waals surface area contributed by atoms with Crippen LogP contribution in [0.2, 0.25) is 0 Å². The lowest BCUT2D eigenvalue weighted by molar-refractivity contribution is -0.122. The maximum absolute atomic E-state index is 13.3. The van der Waals surface area contributed by atoms with Gasteiger partial charge in [0.25, 0.3) is 0 Å². The van der Waals surface area contributed by atoms with Crippen LogP contribution in [0.15, 0.2) is 24.3 Å². The molecular weight excluding hydrogens is 247 g/mol. The second-order valence-corrected chi connectivity index (χ2v) is 4.74. The third kappa shape index (κ3) is 6.31. The van der Waals surface area contributed by atoms with E-state index in [-0.39, 0.29) is 30.9 Å². The molecule has 0 fully saturated rings. The molecule has 0 aliphatic carbocycles. The van der Waals surface area contributed by atoms with Gasteiger partial charge in [0.2, 0.25) is 5.91 Å². The Labute approximate surface area is 113 Å². The van der Waals surface area contributed by atoms with Gasteiger partial charge in [-0.25, -0.2) is 4.39 Å². The Morgan fingerprint density at radius 2 is 2.16 bits per heavy atom. The number of aliphatic hydroxyl groups is 1. The number of nitrogens with one attached hydrogen (secondary N) is 1. The van der Waals surface area contributed by atoms with Crippen molar-refractivity contribution in [3.05, 3.63) is 35.6 Å². The molecule has 106 valence electrons. The lowest BCUT2D eigenvalue weighted by atomic mass is 10.2. The maximum Gasteiger partial charge on any atom is 0.234 e. The Balaban J connectivity index is 2.30. The Morgan fingerprint density at radius 1 is 1.47 bits per heavy atom. The van der Waals surface area contributed by atoms with Crippen LogP contribution in [0.25, 0.3) is 0 Å². The average Bonchev–Trinajstić information content (AvgIpc) is 2.35. The molecule has 1 atom stereocenters. The van der Waals surface area contributed by atoms with Crippen molar-refractivity contribution in [3.63, 3.8) is 0 Å². The normalized spacial score (nSPS) is 12.5. The van der Waals surface area contributed by atoms with Gasteiger partial charge >= 0.3 is 0 Å². The predicted octanol–water partition coefficient (Wildman–Crippen LogP) is 1.14. The third-order valence-electron chi connectivity index (χ3n) is 2.78. The lowest BCUT2D eigenvalue weighted by Crippen LogP contribution is -2.36. The molecule has 0 aliphatic rings. The fourth-order valence-corrected chi connectivity index (χ4v) is 1.62. The molecule has 19 heavy (non-hydrogen) atoms. The summed E-state index contributed by atoms with van der Waals surface area (Å²) < 4.78 is 13.3. The van der Waals surface area contributed by atoms with Crippen LogP contribution in [0.4, 0.5) is 4.39 Å². The minimum Gasteiger partial charge on any atom is -0.393 e. The first kappa shape index (κ1) is 15.6. The van der Waals surface area contributed by atoms with Gasteiger partial charge in [-0.05, 0) is 26.5 Å².